The standard InChI is InChI=1S/C62H111NO18/c1-3-5-7-9-11-13-15-16-17-18-19-20-21-22-23-24-25-26-27-28-30-31-33-35-37-39-46(67)45(63-50(68)40-38-36-34-32-29-14-12-10-8-6-4-2)44-76-60-56(74)53(71)58(48(42-65)78-60)81-62-57(75)54(72)59(49(43-66)79-62)80-61-55(73)52(70)51(69)47(41-64)77-61/h10,12,25-26,30-31,37,39,45-49,51-62,64-67,69-75H,3-9,11,13-24,27-29,32-36,38,40-44H2,1-2H3,(H,63,68)/b12-10-,26-25+,31-30+,39-37+. The quantitative estimate of drug-likeness (QED) is 0.0236. The van der Waals surface area contributed by atoms with Gasteiger partial charge in [-0.25, -0.2) is 0 Å². The number of allylic oxidation sites excluding steroid dienone is 7. The van der Waals surface area contributed by atoms with Crippen LogP contribution in [0, 0.1) is 0 Å². The van der Waals surface area contributed by atoms with E-state index < -0.39 is 124 Å². The molecule has 3 aliphatic rings. The molecule has 81 heavy (non-hydrogen) atoms. The molecular formula is C62H111NO18. The Bertz CT molecular complexity index is 1670. The van der Waals surface area contributed by atoms with E-state index in [2.05, 4.69) is 55.6 Å². The number of nitrogens with one attached hydrogen (secondary N) is 1. The summed E-state index contributed by atoms with van der Waals surface area (Å²) in [5.41, 5.74) is 0. The largest absolute Gasteiger partial charge is 0.394 e. The molecule has 3 fully saturated rings. The van der Waals surface area contributed by atoms with Gasteiger partial charge in [-0.15, -0.1) is 0 Å². The van der Waals surface area contributed by atoms with E-state index in [0.717, 1.165) is 64.2 Å². The van der Waals surface area contributed by atoms with Gasteiger partial charge in [0.05, 0.1) is 38.6 Å². The fourth-order valence-corrected chi connectivity index (χ4v) is 10.4. The summed E-state index contributed by atoms with van der Waals surface area (Å²) in [6.45, 7) is 1.64. The van der Waals surface area contributed by atoms with Crippen molar-refractivity contribution in [2.24, 2.45) is 0 Å². The maximum absolute atomic E-state index is 13.3. The van der Waals surface area contributed by atoms with Crippen molar-refractivity contribution in [3.05, 3.63) is 48.6 Å². The molecule has 19 nitrogen and oxygen atoms in total. The Morgan fingerprint density at radius 1 is 0.432 bits per heavy atom. The van der Waals surface area contributed by atoms with E-state index in [4.69, 9.17) is 28.4 Å². The second-order valence-electron chi connectivity index (χ2n) is 22.5. The summed E-state index contributed by atoms with van der Waals surface area (Å²) in [7, 11) is 0. The number of ether oxygens (including phenoxy) is 6. The lowest BCUT2D eigenvalue weighted by Gasteiger charge is -2.48. The lowest BCUT2D eigenvalue weighted by Crippen LogP contribution is -2.66. The van der Waals surface area contributed by atoms with Crippen LogP contribution in [0.15, 0.2) is 48.6 Å². The molecule has 12 N–H and O–H groups in total. The highest BCUT2D eigenvalue weighted by Gasteiger charge is 2.53. The molecule has 1 amide bonds. The lowest BCUT2D eigenvalue weighted by molar-refractivity contribution is -0.379. The molecule has 3 saturated heterocycles. The molecule has 17 unspecified atom stereocenters. The topological polar surface area (TPSA) is 307 Å². The zero-order valence-corrected chi connectivity index (χ0v) is 49.3. The van der Waals surface area contributed by atoms with Gasteiger partial charge in [0.15, 0.2) is 18.9 Å². The summed E-state index contributed by atoms with van der Waals surface area (Å²) in [6, 6.07) is -1.000. The number of hydrogen-bond acceptors (Lipinski definition) is 18. The Kier molecular flexibility index (Phi) is 40.7. The lowest BCUT2D eigenvalue weighted by atomic mass is 9.96. The number of rotatable bonds is 46. The van der Waals surface area contributed by atoms with Gasteiger partial charge in [-0.2, -0.15) is 0 Å². The van der Waals surface area contributed by atoms with Crippen LogP contribution in [0.5, 0.6) is 0 Å². The normalized spacial score (nSPS) is 30.1. The van der Waals surface area contributed by atoms with Gasteiger partial charge in [-0.05, 0) is 64.2 Å². The first kappa shape index (κ1) is 73.0. The second-order valence-corrected chi connectivity index (χ2v) is 22.5. The fraction of sp³-hybridized carbons (Fsp3) is 0.855. The number of unbranched alkanes of at least 4 members (excludes halogenated alkanes) is 24. The minimum absolute atomic E-state index is 0.220. The Balaban J connectivity index is 1.47. The van der Waals surface area contributed by atoms with E-state index in [-0.39, 0.29) is 18.9 Å². The van der Waals surface area contributed by atoms with E-state index in [1.54, 1.807) is 6.08 Å². The van der Waals surface area contributed by atoms with Crippen molar-refractivity contribution >= 4 is 5.91 Å². The van der Waals surface area contributed by atoms with Crippen LogP contribution in [-0.4, -0.2) is 193 Å². The summed E-state index contributed by atoms with van der Waals surface area (Å²) in [5.74, 6) is -0.302. The third-order valence-electron chi connectivity index (χ3n) is 15.6. The van der Waals surface area contributed by atoms with Crippen LogP contribution in [0.25, 0.3) is 0 Å². The summed E-state index contributed by atoms with van der Waals surface area (Å²) >= 11 is 0. The Labute approximate surface area is 484 Å². The van der Waals surface area contributed by atoms with Crippen LogP contribution in [-0.2, 0) is 33.2 Å². The third-order valence-corrected chi connectivity index (χ3v) is 15.6. The van der Waals surface area contributed by atoms with Gasteiger partial charge in [0.2, 0.25) is 5.91 Å². The smallest absolute Gasteiger partial charge is 0.220 e. The summed E-state index contributed by atoms with van der Waals surface area (Å²) in [4.78, 5) is 13.3. The van der Waals surface area contributed by atoms with Crippen molar-refractivity contribution in [1.82, 2.24) is 5.32 Å². The van der Waals surface area contributed by atoms with Gasteiger partial charge in [0, 0.05) is 6.42 Å². The SMILES string of the molecule is CCCC/C=C\CCCCCCCC(=O)NC(COC1OC(CO)C(OC2OC(CO)C(OC3OC(CO)C(O)C(O)C3O)C(O)C2O)C(O)C1O)C(O)/C=C/CC/C=C/CC/C=C/CCCCCCCCCCCCCCCCC. The van der Waals surface area contributed by atoms with Crippen LogP contribution >= 0.6 is 0 Å². The van der Waals surface area contributed by atoms with Crippen LogP contribution in [0.1, 0.15) is 206 Å². The van der Waals surface area contributed by atoms with Gasteiger partial charge in [0.25, 0.3) is 0 Å². The average molecular weight is 1160 g/mol. The predicted octanol–water partition coefficient (Wildman–Crippen LogP) is 6.26. The molecule has 17 atom stereocenters. The number of aliphatic hydroxyl groups excluding tert-OH is 11. The van der Waals surface area contributed by atoms with E-state index in [0.29, 0.717) is 12.8 Å². The van der Waals surface area contributed by atoms with E-state index in [1.807, 2.05) is 6.08 Å². The molecule has 0 aromatic heterocycles. The molecular weight excluding hydrogens is 1050 g/mol. The number of carbonyl (C=O) groups is 1. The number of amides is 1. The van der Waals surface area contributed by atoms with Crippen LogP contribution in [0.4, 0.5) is 0 Å². The number of aliphatic hydroxyl groups is 11. The molecule has 19 heteroatoms. The first-order valence-corrected chi connectivity index (χ1v) is 31.4. The number of carbonyl (C=O) groups excluding carboxylic acids is 1. The number of hydrogen-bond donors (Lipinski definition) is 12. The van der Waals surface area contributed by atoms with Gasteiger partial charge in [-0.1, -0.05) is 184 Å². The second kappa shape index (κ2) is 45.1. The molecule has 3 aliphatic heterocycles. The maximum atomic E-state index is 13.3. The Morgan fingerprint density at radius 2 is 0.802 bits per heavy atom. The first-order valence-electron chi connectivity index (χ1n) is 31.4. The molecule has 0 aromatic rings. The van der Waals surface area contributed by atoms with Crippen LogP contribution in [0.2, 0.25) is 0 Å². The molecule has 472 valence electrons. The minimum Gasteiger partial charge on any atom is -0.394 e. The van der Waals surface area contributed by atoms with Gasteiger partial charge in [-0.3, -0.25) is 4.79 Å². The van der Waals surface area contributed by atoms with Gasteiger partial charge >= 0.3 is 0 Å². The van der Waals surface area contributed by atoms with E-state index >= 15 is 0 Å². The molecule has 0 saturated carbocycles. The predicted molar refractivity (Wildman–Crippen MR) is 309 cm³/mol. The minimum atomic E-state index is -1.98. The molecule has 0 aliphatic carbocycles. The average Bonchev–Trinajstić information content (AvgIpc) is 3.48. The highest BCUT2D eigenvalue weighted by atomic mass is 16.8. The monoisotopic (exact) mass is 1160 g/mol. The Morgan fingerprint density at radius 3 is 1.27 bits per heavy atom. The van der Waals surface area contributed by atoms with E-state index in [1.165, 1.54) is 109 Å². The van der Waals surface area contributed by atoms with Gasteiger partial charge in [0.1, 0.15) is 73.2 Å². The van der Waals surface area contributed by atoms with Crippen molar-refractivity contribution in [2.45, 2.75) is 311 Å². The summed E-state index contributed by atoms with van der Waals surface area (Å²) < 4.78 is 34.2. The van der Waals surface area contributed by atoms with Crippen molar-refractivity contribution in [3.63, 3.8) is 0 Å². The van der Waals surface area contributed by atoms with E-state index in [9.17, 15) is 61.0 Å². The van der Waals surface area contributed by atoms with Crippen LogP contribution < -0.4 is 5.32 Å². The van der Waals surface area contributed by atoms with Gasteiger partial charge < -0.3 is 89.9 Å². The van der Waals surface area contributed by atoms with Crippen molar-refractivity contribution in [2.75, 3.05) is 26.4 Å². The molecule has 3 heterocycles. The zero-order valence-electron chi connectivity index (χ0n) is 49.3. The maximum Gasteiger partial charge on any atom is 0.220 e. The molecule has 0 spiro atoms. The summed E-state index contributed by atoms with van der Waals surface area (Å²) in [5, 5.41) is 120. The third kappa shape index (κ3) is 28.7. The molecule has 0 radical (unpaired) electrons. The highest BCUT2D eigenvalue weighted by Crippen LogP contribution is 2.33. The van der Waals surface area contributed by atoms with Crippen molar-refractivity contribution in [3.8, 4) is 0 Å². The molecule has 0 aromatic carbocycles. The zero-order chi connectivity index (χ0) is 59.0. The summed E-state index contributed by atoms with van der Waals surface area (Å²) in [6.07, 6.45) is 24.0. The van der Waals surface area contributed by atoms with Crippen LogP contribution in [0.3, 0.4) is 0 Å². The highest BCUT2D eigenvalue weighted by molar-refractivity contribution is 5.76. The Hall–Kier alpha value is -2.25. The van der Waals surface area contributed by atoms with Crippen molar-refractivity contribution < 1.29 is 89.4 Å². The fourth-order valence-electron chi connectivity index (χ4n) is 10.4. The molecule has 3 rings (SSSR count). The molecule has 0 bridgehead atoms. The first-order chi connectivity index (χ1) is 39.3. The van der Waals surface area contributed by atoms with Crippen molar-refractivity contribution in [1.29, 1.82) is 0 Å².